The van der Waals surface area contributed by atoms with Gasteiger partial charge in [0.15, 0.2) is 0 Å². The number of methoxy groups -OCH3 is 1. The first-order valence-corrected chi connectivity index (χ1v) is 7.26. The maximum absolute atomic E-state index is 11.9. The third-order valence-electron chi connectivity index (χ3n) is 2.97. The summed E-state index contributed by atoms with van der Waals surface area (Å²) in [5, 5.41) is 2.62. The fourth-order valence-corrected chi connectivity index (χ4v) is 2.06. The molecular weight excluding hydrogens is 322 g/mol. The molecule has 0 aromatic heterocycles. The first kappa shape index (κ1) is 19.0. The smallest absolute Gasteiger partial charge is 0.408 e. The van der Waals surface area contributed by atoms with Crippen LogP contribution in [0.5, 0.6) is 0 Å². The van der Waals surface area contributed by atoms with Crippen LogP contribution in [0.25, 0.3) is 0 Å². The molecule has 0 heterocycles. The third kappa shape index (κ3) is 4.96. The topological polar surface area (TPSA) is 81.7 Å². The normalized spacial score (nSPS) is 13.7. The summed E-state index contributed by atoms with van der Waals surface area (Å²) in [6.07, 6.45) is -0.166. The molecule has 0 saturated carbocycles. The summed E-state index contributed by atoms with van der Waals surface area (Å²) < 4.78 is 9.76. The highest BCUT2D eigenvalue weighted by molar-refractivity contribution is 6.33. The van der Waals surface area contributed by atoms with Gasteiger partial charge in [0.2, 0.25) is 0 Å². The fourth-order valence-electron chi connectivity index (χ4n) is 1.80. The van der Waals surface area contributed by atoms with Crippen molar-refractivity contribution in [2.45, 2.75) is 38.8 Å². The van der Waals surface area contributed by atoms with Crippen molar-refractivity contribution in [3.8, 4) is 0 Å². The molecule has 6 nitrogen and oxygen atoms in total. The van der Waals surface area contributed by atoms with Gasteiger partial charge in [0.05, 0.1) is 17.7 Å². The first-order chi connectivity index (χ1) is 10.5. The van der Waals surface area contributed by atoms with Crippen LogP contribution in [-0.4, -0.2) is 31.1 Å². The van der Waals surface area contributed by atoms with Crippen molar-refractivity contribution in [3.05, 3.63) is 34.3 Å². The summed E-state index contributed by atoms with van der Waals surface area (Å²) in [7, 11) is 1.24. The Bertz CT molecular complexity index is 623. The molecule has 0 radical (unpaired) electrons. The summed E-state index contributed by atoms with van der Waals surface area (Å²) in [6, 6.07) is 4.38. The van der Waals surface area contributed by atoms with Crippen molar-refractivity contribution >= 4 is 29.9 Å². The van der Waals surface area contributed by atoms with Crippen LogP contribution < -0.4 is 5.32 Å². The van der Waals surface area contributed by atoms with E-state index in [1.165, 1.54) is 32.2 Å². The molecule has 0 aliphatic carbocycles. The number of carbonyl (C=O) groups is 3. The summed E-state index contributed by atoms with van der Waals surface area (Å²) in [5.41, 5.74) is -1.46. The van der Waals surface area contributed by atoms with Crippen molar-refractivity contribution in [3.63, 3.8) is 0 Å². The van der Waals surface area contributed by atoms with E-state index in [0.29, 0.717) is 11.8 Å². The molecule has 1 aromatic rings. The van der Waals surface area contributed by atoms with Gasteiger partial charge in [0, 0.05) is 0 Å². The lowest BCUT2D eigenvalue weighted by atomic mass is 9.93. The van der Waals surface area contributed by atoms with Crippen molar-refractivity contribution < 1.29 is 23.9 Å². The van der Waals surface area contributed by atoms with E-state index in [9.17, 15) is 14.4 Å². The lowest BCUT2D eigenvalue weighted by Crippen LogP contribution is -2.47. The second kappa shape index (κ2) is 7.00. The number of amides is 1. The van der Waals surface area contributed by atoms with E-state index < -0.39 is 23.2 Å². The summed E-state index contributed by atoms with van der Waals surface area (Å²) in [5.74, 6) is -0.588. The van der Waals surface area contributed by atoms with Crippen molar-refractivity contribution in [1.29, 1.82) is 0 Å². The third-order valence-corrected chi connectivity index (χ3v) is 3.28. The number of rotatable bonds is 4. The maximum atomic E-state index is 11.9. The van der Waals surface area contributed by atoms with Gasteiger partial charge in [-0.15, -0.1) is 0 Å². The van der Waals surface area contributed by atoms with Crippen LogP contribution in [-0.2, 0) is 19.8 Å². The lowest BCUT2D eigenvalue weighted by molar-refractivity contribution is -0.113. The molecule has 0 fully saturated rings. The van der Waals surface area contributed by atoms with E-state index >= 15 is 0 Å². The molecule has 0 bridgehead atoms. The second-order valence-electron chi connectivity index (χ2n) is 6.13. The van der Waals surface area contributed by atoms with Gasteiger partial charge in [-0.1, -0.05) is 17.7 Å². The van der Waals surface area contributed by atoms with Crippen molar-refractivity contribution in [2.24, 2.45) is 0 Å². The van der Waals surface area contributed by atoms with Gasteiger partial charge in [0.25, 0.3) is 0 Å². The quantitative estimate of drug-likeness (QED) is 0.672. The lowest BCUT2D eigenvalue weighted by Gasteiger charge is -2.28. The molecule has 7 heteroatoms. The minimum absolute atomic E-state index is 0.119. The fraction of sp³-hybridized carbons (Fsp3) is 0.438. The zero-order chi connectivity index (χ0) is 17.8. The molecule has 126 valence electrons. The molecule has 1 atom stereocenters. The summed E-state index contributed by atoms with van der Waals surface area (Å²) in [6.45, 7) is 6.65. The number of hydrogen-bond acceptors (Lipinski definition) is 5. The Morgan fingerprint density at radius 1 is 1.22 bits per heavy atom. The Balaban J connectivity index is 3.09. The van der Waals surface area contributed by atoms with Crippen LogP contribution in [0, 0.1) is 0 Å². The van der Waals surface area contributed by atoms with E-state index in [1.54, 1.807) is 20.8 Å². The zero-order valence-electron chi connectivity index (χ0n) is 13.7. The zero-order valence-corrected chi connectivity index (χ0v) is 14.5. The average molecular weight is 342 g/mol. The average Bonchev–Trinajstić information content (AvgIpc) is 2.44. The predicted molar refractivity (Wildman–Crippen MR) is 85.6 cm³/mol. The highest BCUT2D eigenvalue weighted by Crippen LogP contribution is 2.26. The Morgan fingerprint density at radius 3 is 2.26 bits per heavy atom. The van der Waals surface area contributed by atoms with Crippen LogP contribution in [0.1, 0.15) is 43.6 Å². The molecule has 1 aromatic carbocycles. The number of nitrogens with one attached hydrogen (secondary N) is 1. The van der Waals surface area contributed by atoms with E-state index in [1.807, 2.05) is 0 Å². The maximum Gasteiger partial charge on any atom is 0.408 e. The van der Waals surface area contributed by atoms with Gasteiger partial charge in [-0.25, -0.2) is 9.59 Å². The Kier molecular flexibility index (Phi) is 5.77. The highest BCUT2D eigenvalue weighted by Gasteiger charge is 2.31. The molecule has 1 N–H and O–H groups in total. The summed E-state index contributed by atoms with van der Waals surface area (Å²) >= 11 is 6.05. The molecular formula is C16H20ClNO5. The number of aldehydes is 1. The standard InChI is InChI=1S/C16H20ClNO5/c1-15(2,3)23-14(21)18-16(4,9-19)10-6-7-11(12(17)8-10)13(20)22-5/h6-9H,1-5H3,(H,18,21). The number of ether oxygens (including phenoxy) is 2. The van der Waals surface area contributed by atoms with Crippen molar-refractivity contribution in [1.82, 2.24) is 5.32 Å². The number of hydrogen-bond donors (Lipinski definition) is 1. The van der Waals surface area contributed by atoms with Gasteiger partial charge in [-0.05, 0) is 45.4 Å². The van der Waals surface area contributed by atoms with Crippen LogP contribution in [0.2, 0.25) is 5.02 Å². The van der Waals surface area contributed by atoms with E-state index in [0.717, 1.165) is 0 Å². The molecule has 0 aliphatic rings. The van der Waals surface area contributed by atoms with Crippen LogP contribution in [0.4, 0.5) is 4.79 Å². The molecule has 23 heavy (non-hydrogen) atoms. The van der Waals surface area contributed by atoms with Crippen LogP contribution in [0.3, 0.4) is 0 Å². The van der Waals surface area contributed by atoms with E-state index in [-0.39, 0.29) is 10.6 Å². The Labute approximate surface area is 140 Å². The van der Waals surface area contributed by atoms with E-state index in [4.69, 9.17) is 16.3 Å². The molecule has 1 rings (SSSR count). The van der Waals surface area contributed by atoms with Crippen LogP contribution in [0.15, 0.2) is 18.2 Å². The Morgan fingerprint density at radius 2 is 1.83 bits per heavy atom. The second-order valence-corrected chi connectivity index (χ2v) is 6.54. The van der Waals surface area contributed by atoms with Gasteiger partial charge in [0.1, 0.15) is 17.4 Å². The van der Waals surface area contributed by atoms with Gasteiger partial charge >= 0.3 is 12.1 Å². The van der Waals surface area contributed by atoms with Crippen LogP contribution >= 0.6 is 11.6 Å². The number of esters is 1. The molecule has 0 aliphatic heterocycles. The predicted octanol–water partition coefficient (Wildman–Crippen LogP) is 3.07. The Hall–Kier alpha value is -2.08. The molecule has 0 spiro atoms. The first-order valence-electron chi connectivity index (χ1n) is 6.88. The van der Waals surface area contributed by atoms with Crippen molar-refractivity contribution in [2.75, 3.05) is 7.11 Å². The summed E-state index contributed by atoms with van der Waals surface area (Å²) in [4.78, 5) is 35.0. The minimum atomic E-state index is -1.35. The van der Waals surface area contributed by atoms with Gasteiger partial charge < -0.3 is 19.6 Å². The van der Waals surface area contributed by atoms with Gasteiger partial charge in [-0.2, -0.15) is 0 Å². The van der Waals surface area contributed by atoms with Gasteiger partial charge in [-0.3, -0.25) is 0 Å². The largest absolute Gasteiger partial charge is 0.465 e. The minimum Gasteiger partial charge on any atom is -0.465 e. The molecule has 0 saturated heterocycles. The number of halogens is 1. The number of carbonyl (C=O) groups excluding carboxylic acids is 3. The van der Waals surface area contributed by atoms with E-state index in [2.05, 4.69) is 10.1 Å². The molecule has 1 unspecified atom stereocenters. The monoisotopic (exact) mass is 341 g/mol. The highest BCUT2D eigenvalue weighted by atomic mass is 35.5. The molecule has 1 amide bonds. The number of benzene rings is 1. The SMILES string of the molecule is COC(=O)c1ccc(C(C)(C=O)NC(=O)OC(C)(C)C)cc1Cl. The number of alkyl carbamates (subject to hydrolysis) is 1.